The predicted octanol–water partition coefficient (Wildman–Crippen LogP) is 4.08. The van der Waals surface area contributed by atoms with Crippen LogP contribution < -0.4 is 0 Å². The number of aromatic nitrogens is 1. The predicted molar refractivity (Wildman–Crippen MR) is 68.7 cm³/mol. The molecule has 7 heteroatoms. The maximum atomic E-state index is 12.9. The van der Waals surface area contributed by atoms with Crippen LogP contribution in [0.5, 0.6) is 0 Å². The quantitative estimate of drug-likeness (QED) is 0.513. The molecular weight excluding hydrogens is 326 g/mol. The van der Waals surface area contributed by atoms with Crippen molar-refractivity contribution in [2.45, 2.75) is 4.83 Å². The highest BCUT2D eigenvalue weighted by molar-refractivity contribution is 9.10. The van der Waals surface area contributed by atoms with Crippen LogP contribution in [0, 0.1) is 11.3 Å². The average molecular weight is 331 g/mol. The number of aliphatic hydroxyl groups excluding tert-OH is 1. The van der Waals surface area contributed by atoms with E-state index in [0.717, 1.165) is 16.0 Å². The van der Waals surface area contributed by atoms with E-state index in [1.807, 2.05) is 15.9 Å². The van der Waals surface area contributed by atoms with Gasteiger partial charge in [-0.25, -0.2) is 4.98 Å². The molecule has 0 amide bonds. The van der Waals surface area contributed by atoms with Crippen molar-refractivity contribution in [2.24, 2.45) is 0 Å². The fourth-order valence-corrected chi connectivity index (χ4v) is 2.48. The van der Waals surface area contributed by atoms with Gasteiger partial charge in [0.1, 0.15) is 16.6 Å². The van der Waals surface area contributed by atoms with Crippen molar-refractivity contribution >= 4 is 43.1 Å². The van der Waals surface area contributed by atoms with E-state index in [0.29, 0.717) is 5.52 Å². The van der Waals surface area contributed by atoms with Crippen molar-refractivity contribution in [3.63, 3.8) is 0 Å². The van der Waals surface area contributed by atoms with E-state index in [1.165, 1.54) is 0 Å². The highest BCUT2D eigenvalue weighted by Crippen LogP contribution is 2.36. The zero-order chi connectivity index (χ0) is 13.3. The summed E-state index contributed by atoms with van der Waals surface area (Å²) in [6, 6.07) is 8.54. The minimum Gasteiger partial charge on any atom is -0.505 e. The van der Waals surface area contributed by atoms with Gasteiger partial charge in [0.15, 0.2) is 5.76 Å². The normalized spacial score (nSPS) is 13.2. The maximum Gasteiger partial charge on any atom is 0.358 e. The molecule has 2 aromatic rings. The molecule has 0 saturated heterocycles. The van der Waals surface area contributed by atoms with Crippen LogP contribution in [0.25, 0.3) is 15.8 Å². The molecule has 92 valence electrons. The van der Waals surface area contributed by atoms with Gasteiger partial charge in [0, 0.05) is 0 Å². The summed E-state index contributed by atoms with van der Waals surface area (Å²) in [5.74, 6) is -1.33. The Morgan fingerprint density at radius 2 is 2.11 bits per heavy atom. The monoisotopic (exact) mass is 330 g/mol. The topological polar surface area (TPSA) is 56.9 Å². The fourth-order valence-electron chi connectivity index (χ4n) is 1.32. The van der Waals surface area contributed by atoms with Gasteiger partial charge in [-0.05, 0) is 28.1 Å². The number of nitriles is 1. The third-order valence-electron chi connectivity index (χ3n) is 2.12. The van der Waals surface area contributed by atoms with E-state index in [2.05, 4.69) is 4.98 Å². The van der Waals surface area contributed by atoms with E-state index < -0.39 is 16.2 Å². The van der Waals surface area contributed by atoms with E-state index in [4.69, 9.17) is 5.26 Å². The van der Waals surface area contributed by atoms with Crippen molar-refractivity contribution in [1.29, 1.82) is 5.26 Å². The molecule has 0 fully saturated rings. The molecule has 0 aliphatic heterocycles. The summed E-state index contributed by atoms with van der Waals surface area (Å²) < 4.78 is 26.6. The van der Waals surface area contributed by atoms with Crippen molar-refractivity contribution in [1.82, 2.24) is 4.98 Å². The number of alkyl halides is 3. The van der Waals surface area contributed by atoms with Crippen LogP contribution in [0.3, 0.4) is 0 Å². The Balaban J connectivity index is 2.62. The SMILES string of the molecule is N#C/C(=C(/O)C(F)(F)Br)c1nc2ccccc2s1. The third kappa shape index (κ3) is 2.35. The molecular formula is C11H5BrF2N2OS. The van der Waals surface area contributed by atoms with Crippen molar-refractivity contribution in [2.75, 3.05) is 0 Å². The number of halogens is 3. The molecule has 1 N–H and O–H groups in total. The molecule has 0 aliphatic rings. The van der Waals surface area contributed by atoms with Gasteiger partial charge in [-0.15, -0.1) is 11.3 Å². The molecule has 0 radical (unpaired) electrons. The number of hydrogen-bond donors (Lipinski definition) is 1. The Labute approximate surface area is 113 Å². The van der Waals surface area contributed by atoms with E-state index >= 15 is 0 Å². The van der Waals surface area contributed by atoms with E-state index in [1.54, 1.807) is 30.3 Å². The van der Waals surface area contributed by atoms with Crippen LogP contribution in [-0.2, 0) is 0 Å². The largest absolute Gasteiger partial charge is 0.505 e. The first-order chi connectivity index (χ1) is 8.43. The standard InChI is InChI=1S/C11H5BrF2N2OS/c12-11(13,14)9(17)6(5-15)10-16-7-3-1-2-4-8(7)18-10/h1-4,17H/b9-6-. The number of thiazole rings is 1. The first-order valence-electron chi connectivity index (χ1n) is 4.70. The van der Waals surface area contributed by atoms with Crippen LogP contribution in [0.1, 0.15) is 5.01 Å². The van der Waals surface area contributed by atoms with Crippen molar-refractivity contribution in [3.8, 4) is 6.07 Å². The smallest absolute Gasteiger partial charge is 0.358 e. The first kappa shape index (κ1) is 12.9. The molecule has 0 aliphatic carbocycles. The average Bonchev–Trinajstić information content (AvgIpc) is 2.71. The molecule has 0 atom stereocenters. The van der Waals surface area contributed by atoms with Crippen LogP contribution in [0.15, 0.2) is 30.0 Å². The number of benzene rings is 1. The lowest BCUT2D eigenvalue weighted by Gasteiger charge is -2.07. The van der Waals surface area contributed by atoms with Gasteiger partial charge >= 0.3 is 4.83 Å². The van der Waals surface area contributed by atoms with Gasteiger partial charge in [0.2, 0.25) is 0 Å². The lowest BCUT2D eigenvalue weighted by molar-refractivity contribution is 0.102. The molecule has 1 aromatic heterocycles. The van der Waals surface area contributed by atoms with Crippen molar-refractivity contribution < 1.29 is 13.9 Å². The number of hydrogen-bond acceptors (Lipinski definition) is 4. The van der Waals surface area contributed by atoms with Crippen LogP contribution >= 0.6 is 27.3 Å². The van der Waals surface area contributed by atoms with Gasteiger partial charge in [-0.2, -0.15) is 14.0 Å². The molecule has 18 heavy (non-hydrogen) atoms. The summed E-state index contributed by atoms with van der Waals surface area (Å²) in [6.45, 7) is 0. The minimum absolute atomic E-state index is 0.0651. The summed E-state index contributed by atoms with van der Waals surface area (Å²) >= 11 is 3.08. The summed E-state index contributed by atoms with van der Waals surface area (Å²) in [4.78, 5) is 0.400. The molecule has 1 aromatic carbocycles. The van der Waals surface area contributed by atoms with E-state index in [9.17, 15) is 13.9 Å². The number of rotatable bonds is 2. The van der Waals surface area contributed by atoms with Gasteiger partial charge < -0.3 is 5.11 Å². The molecule has 0 bridgehead atoms. The zero-order valence-electron chi connectivity index (χ0n) is 8.69. The third-order valence-corrected chi connectivity index (χ3v) is 3.55. The number of allylic oxidation sites excluding steroid dienone is 2. The van der Waals surface area contributed by atoms with Crippen molar-refractivity contribution in [3.05, 3.63) is 35.0 Å². The Kier molecular flexibility index (Phi) is 3.32. The van der Waals surface area contributed by atoms with Gasteiger partial charge in [0.05, 0.1) is 10.2 Å². The van der Waals surface area contributed by atoms with Gasteiger partial charge in [-0.1, -0.05) is 12.1 Å². The fraction of sp³-hybridized carbons (Fsp3) is 0.0909. The highest BCUT2D eigenvalue weighted by Gasteiger charge is 2.34. The maximum absolute atomic E-state index is 12.9. The van der Waals surface area contributed by atoms with Gasteiger partial charge in [0.25, 0.3) is 0 Å². The Morgan fingerprint density at radius 3 is 2.67 bits per heavy atom. The summed E-state index contributed by atoms with van der Waals surface area (Å²) in [6.07, 6.45) is 0. The molecule has 2 rings (SSSR count). The Hall–Kier alpha value is -1.52. The minimum atomic E-state index is -3.64. The number of aliphatic hydroxyl groups is 1. The molecule has 0 unspecified atom stereocenters. The zero-order valence-corrected chi connectivity index (χ0v) is 11.1. The Bertz CT molecular complexity index is 636. The van der Waals surface area contributed by atoms with E-state index in [-0.39, 0.29) is 5.01 Å². The summed E-state index contributed by atoms with van der Waals surface area (Å²) in [7, 11) is 0. The van der Waals surface area contributed by atoms with Crippen LogP contribution in [0.4, 0.5) is 8.78 Å². The lowest BCUT2D eigenvalue weighted by Crippen LogP contribution is -2.11. The van der Waals surface area contributed by atoms with Crippen LogP contribution in [-0.4, -0.2) is 14.9 Å². The van der Waals surface area contributed by atoms with Gasteiger partial charge in [-0.3, -0.25) is 0 Å². The number of fused-ring (bicyclic) bond motifs is 1. The second-order valence-electron chi connectivity index (χ2n) is 3.32. The first-order valence-corrected chi connectivity index (χ1v) is 6.31. The molecule has 1 heterocycles. The summed E-state index contributed by atoms with van der Waals surface area (Å²) in [5, 5.41) is 18.3. The highest BCUT2D eigenvalue weighted by atomic mass is 79.9. The number of nitrogens with zero attached hydrogens (tertiary/aromatic N) is 2. The molecule has 0 saturated carbocycles. The Morgan fingerprint density at radius 1 is 1.44 bits per heavy atom. The second kappa shape index (κ2) is 4.63. The lowest BCUT2D eigenvalue weighted by atomic mass is 10.2. The molecule has 3 nitrogen and oxygen atoms in total. The second-order valence-corrected chi connectivity index (χ2v) is 5.35. The summed E-state index contributed by atoms with van der Waals surface area (Å²) in [5.41, 5.74) is 0.0639. The van der Waals surface area contributed by atoms with Crippen LogP contribution in [0.2, 0.25) is 0 Å². The number of para-hydroxylation sites is 1. The molecule has 0 spiro atoms.